The van der Waals surface area contributed by atoms with Crippen molar-refractivity contribution in [1.29, 1.82) is 0 Å². The molecule has 2 N–H and O–H groups in total. The number of carbonyl (C=O) groups is 2. The number of amides is 1. The van der Waals surface area contributed by atoms with Gasteiger partial charge < -0.3 is 19.9 Å². The van der Waals surface area contributed by atoms with Crippen LogP contribution in [0.15, 0.2) is 24.3 Å². The molecule has 1 amide bonds. The van der Waals surface area contributed by atoms with E-state index in [9.17, 15) is 9.59 Å². The first-order valence-electron chi connectivity index (χ1n) is 5.93. The number of anilines is 1. The molecule has 1 aromatic rings. The number of nitrogens with one attached hydrogen (secondary N) is 1. The quantitative estimate of drug-likeness (QED) is 0.672. The Morgan fingerprint density at radius 1 is 1.20 bits per heavy atom. The van der Waals surface area contributed by atoms with Crippen molar-refractivity contribution in [2.75, 3.05) is 37.1 Å². The molecule has 0 atom stereocenters. The predicted octanol–water partition coefficient (Wildman–Crippen LogP) is 1.47. The molecule has 0 saturated carbocycles. The van der Waals surface area contributed by atoms with Crippen molar-refractivity contribution >= 4 is 29.3 Å². The van der Waals surface area contributed by atoms with E-state index >= 15 is 0 Å². The first kappa shape index (κ1) is 16.3. The smallest absolute Gasteiger partial charge is 0.313 e. The Morgan fingerprint density at radius 2 is 1.90 bits per heavy atom. The Labute approximate surface area is 121 Å². The first-order chi connectivity index (χ1) is 9.61. The fraction of sp³-hybridized carbons (Fsp3) is 0.385. The molecule has 0 aliphatic carbocycles. The minimum Gasteiger partial charge on any atom is -0.491 e. The van der Waals surface area contributed by atoms with E-state index < -0.39 is 5.97 Å². The van der Waals surface area contributed by atoms with Gasteiger partial charge in [-0.2, -0.15) is 0 Å². The van der Waals surface area contributed by atoms with Crippen molar-refractivity contribution in [3.63, 3.8) is 0 Å². The summed E-state index contributed by atoms with van der Waals surface area (Å²) in [6, 6.07) is 6.94. The van der Waals surface area contributed by atoms with Crippen LogP contribution in [0.2, 0.25) is 0 Å². The molecule has 0 bridgehead atoms. The molecule has 110 valence electrons. The summed E-state index contributed by atoms with van der Waals surface area (Å²) in [7, 11) is 1.60. The number of ether oxygens (including phenoxy) is 2. The third kappa shape index (κ3) is 7.01. The molecule has 0 aromatic heterocycles. The fourth-order valence-corrected chi connectivity index (χ4v) is 1.84. The van der Waals surface area contributed by atoms with Crippen molar-refractivity contribution in [3.05, 3.63) is 24.3 Å². The molecule has 0 aliphatic heterocycles. The van der Waals surface area contributed by atoms with Crippen LogP contribution in [0, 0.1) is 0 Å². The van der Waals surface area contributed by atoms with Gasteiger partial charge in [-0.3, -0.25) is 9.59 Å². The number of carboxylic acid groups (broad SMARTS) is 1. The molecule has 0 saturated heterocycles. The van der Waals surface area contributed by atoms with Gasteiger partial charge in [0, 0.05) is 12.8 Å². The highest BCUT2D eigenvalue weighted by atomic mass is 32.2. The summed E-state index contributed by atoms with van der Waals surface area (Å²) in [5.74, 6) is -0.442. The number of carboxylic acids is 1. The number of hydrogen-bond acceptors (Lipinski definition) is 5. The van der Waals surface area contributed by atoms with Crippen LogP contribution < -0.4 is 10.1 Å². The molecule has 0 unspecified atom stereocenters. The van der Waals surface area contributed by atoms with Crippen molar-refractivity contribution in [1.82, 2.24) is 0 Å². The molecule has 0 aliphatic rings. The van der Waals surface area contributed by atoms with Crippen LogP contribution in [-0.4, -0.2) is 48.8 Å². The predicted molar refractivity (Wildman–Crippen MR) is 77.4 cm³/mol. The zero-order valence-electron chi connectivity index (χ0n) is 11.1. The Kier molecular flexibility index (Phi) is 7.52. The van der Waals surface area contributed by atoms with Crippen molar-refractivity contribution < 1.29 is 24.2 Å². The number of hydrogen-bond donors (Lipinski definition) is 2. The largest absolute Gasteiger partial charge is 0.491 e. The number of rotatable bonds is 9. The van der Waals surface area contributed by atoms with Gasteiger partial charge in [0.25, 0.3) is 0 Å². The van der Waals surface area contributed by atoms with E-state index in [1.807, 2.05) is 0 Å². The molecule has 0 heterocycles. The molecule has 0 radical (unpaired) electrons. The van der Waals surface area contributed by atoms with E-state index in [1.54, 1.807) is 31.4 Å². The normalized spacial score (nSPS) is 10.1. The lowest BCUT2D eigenvalue weighted by Gasteiger charge is -2.07. The van der Waals surface area contributed by atoms with Crippen molar-refractivity contribution in [2.45, 2.75) is 0 Å². The van der Waals surface area contributed by atoms with Crippen LogP contribution in [0.3, 0.4) is 0 Å². The zero-order valence-corrected chi connectivity index (χ0v) is 11.9. The second-order valence-corrected chi connectivity index (χ2v) is 4.79. The maximum atomic E-state index is 11.5. The highest BCUT2D eigenvalue weighted by Gasteiger charge is 2.05. The summed E-state index contributed by atoms with van der Waals surface area (Å²) in [6.07, 6.45) is 0. The Hall–Kier alpha value is -1.73. The van der Waals surface area contributed by atoms with Gasteiger partial charge in [0.2, 0.25) is 5.91 Å². The van der Waals surface area contributed by atoms with E-state index in [0.717, 1.165) is 11.8 Å². The molecular formula is C13H17NO5S. The van der Waals surface area contributed by atoms with Gasteiger partial charge in [-0.05, 0) is 24.3 Å². The van der Waals surface area contributed by atoms with E-state index in [4.69, 9.17) is 14.6 Å². The maximum Gasteiger partial charge on any atom is 0.313 e. The van der Waals surface area contributed by atoms with Gasteiger partial charge in [-0.1, -0.05) is 0 Å². The van der Waals surface area contributed by atoms with Crippen LogP contribution in [-0.2, 0) is 14.3 Å². The van der Waals surface area contributed by atoms with E-state index in [2.05, 4.69) is 5.32 Å². The summed E-state index contributed by atoms with van der Waals surface area (Å²) >= 11 is 1.06. The number of carbonyl (C=O) groups excluding carboxylic acids is 1. The van der Waals surface area contributed by atoms with Crippen molar-refractivity contribution in [2.24, 2.45) is 0 Å². The summed E-state index contributed by atoms with van der Waals surface area (Å²) in [4.78, 5) is 21.8. The Bertz CT molecular complexity index is 435. The van der Waals surface area contributed by atoms with Crippen LogP contribution in [0.5, 0.6) is 5.75 Å². The lowest BCUT2D eigenvalue weighted by Crippen LogP contribution is -2.15. The summed E-state index contributed by atoms with van der Waals surface area (Å²) in [6.45, 7) is 0.979. The fourth-order valence-electron chi connectivity index (χ4n) is 1.31. The van der Waals surface area contributed by atoms with Crippen LogP contribution >= 0.6 is 11.8 Å². The molecule has 1 aromatic carbocycles. The topological polar surface area (TPSA) is 84.9 Å². The maximum absolute atomic E-state index is 11.5. The third-order valence-corrected chi connectivity index (χ3v) is 3.07. The van der Waals surface area contributed by atoms with Crippen LogP contribution in [0.25, 0.3) is 0 Å². The number of aliphatic carboxylic acids is 1. The minimum absolute atomic E-state index is 0.0836. The molecule has 7 heteroatoms. The van der Waals surface area contributed by atoms with Crippen LogP contribution in [0.1, 0.15) is 0 Å². The van der Waals surface area contributed by atoms with Crippen molar-refractivity contribution in [3.8, 4) is 5.75 Å². The third-order valence-electron chi connectivity index (χ3n) is 2.15. The van der Waals surface area contributed by atoms with Gasteiger partial charge in [-0.25, -0.2) is 0 Å². The lowest BCUT2D eigenvalue weighted by molar-refractivity contribution is -0.133. The Balaban J connectivity index is 2.33. The van der Waals surface area contributed by atoms with E-state index in [1.165, 1.54) is 0 Å². The van der Waals surface area contributed by atoms with Gasteiger partial charge in [0.1, 0.15) is 12.4 Å². The average molecular weight is 299 g/mol. The molecular weight excluding hydrogens is 282 g/mol. The summed E-state index contributed by atoms with van der Waals surface area (Å²) < 4.78 is 10.3. The highest BCUT2D eigenvalue weighted by molar-refractivity contribution is 8.00. The second-order valence-electron chi connectivity index (χ2n) is 3.80. The van der Waals surface area contributed by atoms with Crippen LogP contribution in [0.4, 0.5) is 5.69 Å². The van der Waals surface area contributed by atoms with Gasteiger partial charge in [0.05, 0.1) is 18.1 Å². The zero-order chi connectivity index (χ0) is 14.8. The highest BCUT2D eigenvalue weighted by Crippen LogP contribution is 2.16. The van der Waals surface area contributed by atoms with Gasteiger partial charge in [-0.15, -0.1) is 11.8 Å². The van der Waals surface area contributed by atoms with Gasteiger partial charge >= 0.3 is 5.97 Å². The Morgan fingerprint density at radius 3 is 2.50 bits per heavy atom. The molecule has 20 heavy (non-hydrogen) atoms. The number of thioether (sulfide) groups is 1. The average Bonchev–Trinajstić information content (AvgIpc) is 2.40. The minimum atomic E-state index is -0.930. The standard InChI is InChI=1S/C13H17NO5S/c1-18-6-7-19-11-4-2-10(3-5-11)14-12(15)8-20-9-13(16)17/h2-5H,6-9H2,1H3,(H,14,15)(H,16,17). The SMILES string of the molecule is COCCOc1ccc(NC(=O)CSCC(=O)O)cc1. The van der Waals surface area contributed by atoms with Gasteiger partial charge in [0.15, 0.2) is 0 Å². The summed E-state index contributed by atoms with van der Waals surface area (Å²) in [5.41, 5.74) is 0.644. The molecule has 1 rings (SSSR count). The first-order valence-corrected chi connectivity index (χ1v) is 7.08. The van der Waals surface area contributed by atoms with E-state index in [0.29, 0.717) is 24.7 Å². The van der Waals surface area contributed by atoms with E-state index in [-0.39, 0.29) is 17.4 Å². The lowest BCUT2D eigenvalue weighted by atomic mass is 10.3. The molecule has 0 spiro atoms. The molecule has 6 nitrogen and oxygen atoms in total. The molecule has 0 fully saturated rings. The number of methoxy groups -OCH3 is 1. The summed E-state index contributed by atoms with van der Waals surface area (Å²) in [5, 5.41) is 11.1. The second kappa shape index (κ2) is 9.22. The monoisotopic (exact) mass is 299 g/mol. The number of benzene rings is 1.